The number of H-pyrrole nitrogens is 1. The van der Waals surface area contributed by atoms with Crippen molar-refractivity contribution >= 4 is 23.0 Å². The minimum Gasteiger partial charge on any atom is -0.354 e. The average Bonchev–Trinajstić information content (AvgIpc) is 3.04. The van der Waals surface area contributed by atoms with Crippen LogP contribution in [-0.4, -0.2) is 65.7 Å². The van der Waals surface area contributed by atoms with E-state index in [1.807, 2.05) is 11.0 Å². The third-order valence-electron chi connectivity index (χ3n) is 5.94. The van der Waals surface area contributed by atoms with Gasteiger partial charge in [-0.15, -0.1) is 0 Å². The van der Waals surface area contributed by atoms with Crippen LogP contribution in [-0.2, 0) is 4.79 Å². The number of piperidine rings is 1. The highest BCUT2D eigenvalue weighted by atomic mass is 19.1. The second kappa shape index (κ2) is 4.66. The smallest absolute Gasteiger partial charge is 0.244 e. The number of nitrogens with zero attached hydrogens (tertiary/aromatic N) is 3. The number of hydrogen-bond acceptors (Lipinski definition) is 3. The molecule has 3 heterocycles. The van der Waals surface area contributed by atoms with Crippen LogP contribution in [0.5, 0.6) is 0 Å². The first-order valence-corrected chi connectivity index (χ1v) is 8.35. The molecule has 1 spiro atoms. The zero-order chi connectivity index (χ0) is 16.5. The number of rotatable bonds is 3. The summed E-state index contributed by atoms with van der Waals surface area (Å²) < 4.78 is 13.2. The third-order valence-corrected chi connectivity index (χ3v) is 5.94. The van der Waals surface area contributed by atoms with Crippen LogP contribution in [0, 0.1) is 11.2 Å². The number of aromatic amines is 1. The van der Waals surface area contributed by atoms with Gasteiger partial charge in [-0.05, 0) is 37.7 Å². The highest BCUT2D eigenvalue weighted by Gasteiger charge is 2.73. The van der Waals surface area contributed by atoms with E-state index in [1.165, 1.54) is 12.1 Å². The van der Waals surface area contributed by atoms with E-state index in [1.54, 1.807) is 12.3 Å². The van der Waals surface area contributed by atoms with Gasteiger partial charge < -0.3 is 14.8 Å². The maximum Gasteiger partial charge on any atom is 0.244 e. The Morgan fingerprint density at radius 1 is 1.46 bits per heavy atom. The Hall–Kier alpha value is -2.21. The highest BCUT2D eigenvalue weighted by Crippen LogP contribution is 2.64. The lowest BCUT2D eigenvalue weighted by molar-refractivity contribution is -0.129. The molecule has 24 heavy (non-hydrogen) atoms. The average molecular weight is 326 g/mol. The maximum atomic E-state index is 13.2. The second-order valence-electron chi connectivity index (χ2n) is 7.36. The monoisotopic (exact) mass is 326 g/mol. The van der Waals surface area contributed by atoms with Crippen LogP contribution < -0.4 is 0 Å². The summed E-state index contributed by atoms with van der Waals surface area (Å²) >= 11 is 0. The van der Waals surface area contributed by atoms with Crippen molar-refractivity contribution < 1.29 is 9.18 Å². The van der Waals surface area contributed by atoms with E-state index in [9.17, 15) is 9.18 Å². The van der Waals surface area contributed by atoms with E-state index < -0.39 is 0 Å². The highest BCUT2D eigenvalue weighted by molar-refractivity contribution is 5.90. The molecule has 2 aliphatic heterocycles. The van der Waals surface area contributed by atoms with E-state index in [-0.39, 0.29) is 18.3 Å². The number of aliphatic imine (C=N–C) groups is 1. The molecule has 1 amide bonds. The minimum atomic E-state index is -0.257. The van der Waals surface area contributed by atoms with Gasteiger partial charge in [0.25, 0.3) is 0 Å². The number of likely N-dealkylation sites (tertiary alicyclic amines) is 2. The molecule has 0 radical (unpaired) electrons. The molecule has 1 aliphatic carbocycles. The van der Waals surface area contributed by atoms with Crippen LogP contribution in [0.25, 0.3) is 10.9 Å². The second-order valence-corrected chi connectivity index (χ2v) is 7.36. The molecule has 0 bridgehead atoms. The molecule has 2 saturated heterocycles. The summed E-state index contributed by atoms with van der Waals surface area (Å²) in [4.78, 5) is 24.3. The Bertz CT molecular complexity index is 875. The lowest BCUT2D eigenvalue weighted by Crippen LogP contribution is -2.56. The van der Waals surface area contributed by atoms with Gasteiger partial charge in [-0.3, -0.25) is 9.79 Å². The van der Waals surface area contributed by atoms with Gasteiger partial charge in [0.05, 0.1) is 5.69 Å². The minimum absolute atomic E-state index is 0.109. The largest absolute Gasteiger partial charge is 0.354 e. The van der Waals surface area contributed by atoms with Crippen molar-refractivity contribution in [3.8, 4) is 0 Å². The number of halogens is 1. The maximum absolute atomic E-state index is 13.2. The fourth-order valence-electron chi connectivity index (χ4n) is 4.67. The number of carbonyl (C=O) groups is 1. The van der Waals surface area contributed by atoms with Gasteiger partial charge in [0.1, 0.15) is 12.4 Å². The van der Waals surface area contributed by atoms with Gasteiger partial charge in [-0.1, -0.05) is 0 Å². The summed E-state index contributed by atoms with van der Waals surface area (Å²) in [5, 5.41) is 0.807. The first-order chi connectivity index (χ1) is 11.6. The summed E-state index contributed by atoms with van der Waals surface area (Å²) in [6.45, 7) is 2.15. The van der Waals surface area contributed by atoms with Crippen LogP contribution in [0.2, 0.25) is 0 Å². The summed E-state index contributed by atoms with van der Waals surface area (Å²) in [5.74, 6) is -0.148. The van der Waals surface area contributed by atoms with Gasteiger partial charge in [-0.2, -0.15) is 0 Å². The van der Waals surface area contributed by atoms with E-state index >= 15 is 0 Å². The normalized spacial score (nSPS) is 31.3. The summed E-state index contributed by atoms with van der Waals surface area (Å²) in [6.07, 6.45) is 2.82. The number of carbonyl (C=O) groups excluding carboxylic acids is 1. The number of amides is 1. The van der Waals surface area contributed by atoms with Crippen molar-refractivity contribution in [1.29, 1.82) is 0 Å². The standard InChI is InChI=1S/C18H19FN4O/c1-22-10-18-6-15(18)23(9-16(18)22)17(24)8-20-7-13-5-11-4-12(19)2-3-14(11)21-13/h2-5,7,15-16,21H,6,8-10H2,1H3/t15-,16-,18?/m0/s1. The zero-order valence-corrected chi connectivity index (χ0v) is 13.5. The van der Waals surface area contributed by atoms with E-state index in [0.29, 0.717) is 17.5 Å². The van der Waals surface area contributed by atoms with Crippen LogP contribution in [0.15, 0.2) is 29.3 Å². The summed E-state index contributed by atoms with van der Waals surface area (Å²) in [6, 6.07) is 7.45. The van der Waals surface area contributed by atoms with Crippen molar-refractivity contribution in [2.45, 2.75) is 18.5 Å². The number of benzene rings is 1. The quantitative estimate of drug-likeness (QED) is 0.872. The molecule has 1 aromatic carbocycles. The van der Waals surface area contributed by atoms with Gasteiger partial charge in [0.15, 0.2) is 0 Å². The van der Waals surface area contributed by atoms with E-state index in [4.69, 9.17) is 0 Å². The van der Waals surface area contributed by atoms with Gasteiger partial charge in [-0.25, -0.2) is 4.39 Å². The Kier molecular flexibility index (Phi) is 2.75. The molecule has 3 aliphatic rings. The van der Waals surface area contributed by atoms with Gasteiger partial charge in [0.2, 0.25) is 5.91 Å². The Morgan fingerprint density at radius 2 is 2.33 bits per heavy atom. The predicted octanol–water partition coefficient (Wildman–Crippen LogP) is 1.64. The molecule has 3 atom stereocenters. The number of likely N-dealkylation sites (N-methyl/N-ethyl adjacent to an activating group) is 1. The molecule has 5 rings (SSSR count). The van der Waals surface area contributed by atoms with Crippen molar-refractivity contribution in [1.82, 2.24) is 14.8 Å². The number of nitrogens with one attached hydrogen (secondary N) is 1. The third kappa shape index (κ3) is 1.89. The fourth-order valence-corrected chi connectivity index (χ4v) is 4.67. The lowest BCUT2D eigenvalue weighted by Gasteiger charge is -2.43. The number of fused-ring (bicyclic) bond motifs is 1. The van der Waals surface area contributed by atoms with Crippen molar-refractivity contribution in [2.75, 3.05) is 26.7 Å². The van der Waals surface area contributed by atoms with Crippen LogP contribution in [0.4, 0.5) is 4.39 Å². The molecule has 2 aromatic rings. The molecule has 1 saturated carbocycles. The Labute approximate surface area is 139 Å². The Balaban J connectivity index is 1.25. The molecule has 5 nitrogen and oxygen atoms in total. The molecular formula is C18H19FN4O. The van der Waals surface area contributed by atoms with Crippen LogP contribution in [0.1, 0.15) is 12.1 Å². The summed E-state index contributed by atoms with van der Waals surface area (Å²) in [7, 11) is 2.14. The molecule has 1 unspecified atom stereocenters. The molecule has 124 valence electrons. The van der Waals surface area contributed by atoms with Gasteiger partial charge >= 0.3 is 0 Å². The Morgan fingerprint density at radius 3 is 3.12 bits per heavy atom. The van der Waals surface area contributed by atoms with Crippen LogP contribution >= 0.6 is 0 Å². The number of hydrogen-bond donors (Lipinski definition) is 1. The molecule has 3 fully saturated rings. The molecule has 1 aromatic heterocycles. The zero-order valence-electron chi connectivity index (χ0n) is 13.5. The predicted molar refractivity (Wildman–Crippen MR) is 89.7 cm³/mol. The molecule has 1 N–H and O–H groups in total. The van der Waals surface area contributed by atoms with Crippen LogP contribution in [0.3, 0.4) is 0 Å². The first kappa shape index (κ1) is 14.2. The topological polar surface area (TPSA) is 51.7 Å². The van der Waals surface area contributed by atoms with Crippen molar-refractivity contribution in [3.05, 3.63) is 35.8 Å². The number of aromatic nitrogens is 1. The SMILES string of the molecule is CN1CC23C[C@@H]2N(C(=O)CN=Cc2cc4cc(F)ccc4[nH]2)C[C@H]13. The molecule has 6 heteroatoms. The van der Waals surface area contributed by atoms with E-state index in [2.05, 4.69) is 21.9 Å². The van der Waals surface area contributed by atoms with Crippen molar-refractivity contribution in [3.63, 3.8) is 0 Å². The lowest BCUT2D eigenvalue weighted by atomic mass is 9.87. The summed E-state index contributed by atoms with van der Waals surface area (Å²) in [5.41, 5.74) is 2.06. The fraction of sp³-hybridized carbons (Fsp3) is 0.444. The first-order valence-electron chi connectivity index (χ1n) is 8.35. The molecular weight excluding hydrogens is 307 g/mol. The van der Waals surface area contributed by atoms with Gasteiger partial charge in [0, 0.05) is 47.7 Å². The van der Waals surface area contributed by atoms with E-state index in [0.717, 1.165) is 36.1 Å². The van der Waals surface area contributed by atoms with Crippen molar-refractivity contribution in [2.24, 2.45) is 10.4 Å².